The van der Waals surface area contributed by atoms with Crippen LogP contribution in [0.4, 0.5) is 5.69 Å². The minimum Gasteiger partial charge on any atom is -0.550 e. The zero-order valence-electron chi connectivity index (χ0n) is 11.9. The molecule has 1 rings (SSSR count). The molecule has 0 aromatic heterocycles. The molecular weight excluding hydrogens is 292 g/mol. The standard InChI is InChI=1S/C14H18N2O6/c17-12-6-5-10(8-11(12)16(21)22)9-13(18)15-7-3-1-2-4-14(19)20/h5-6,8,17H,1-4,7,9H2,(H,15,18)(H,19,20)/p-1. The molecule has 0 fully saturated rings. The zero-order valence-corrected chi connectivity index (χ0v) is 11.9. The fourth-order valence-electron chi connectivity index (χ4n) is 1.87. The molecule has 0 unspecified atom stereocenters. The number of aliphatic carboxylic acids is 1. The van der Waals surface area contributed by atoms with Crippen LogP contribution >= 0.6 is 0 Å². The summed E-state index contributed by atoms with van der Waals surface area (Å²) in [6.07, 6.45) is 1.79. The highest BCUT2D eigenvalue weighted by Crippen LogP contribution is 2.26. The number of carbonyl (C=O) groups is 2. The summed E-state index contributed by atoms with van der Waals surface area (Å²) in [7, 11) is 0. The minimum absolute atomic E-state index is 0.00508. The second-order valence-corrected chi connectivity index (χ2v) is 4.79. The fourth-order valence-corrected chi connectivity index (χ4v) is 1.87. The van der Waals surface area contributed by atoms with Crippen LogP contribution in [0.1, 0.15) is 31.2 Å². The minimum atomic E-state index is -1.09. The fraction of sp³-hybridized carbons (Fsp3) is 0.429. The Balaban J connectivity index is 2.35. The predicted molar refractivity (Wildman–Crippen MR) is 74.9 cm³/mol. The second kappa shape index (κ2) is 8.60. The number of benzene rings is 1. The van der Waals surface area contributed by atoms with Crippen LogP contribution in [0.3, 0.4) is 0 Å². The third-order valence-corrected chi connectivity index (χ3v) is 2.98. The number of nitrogens with one attached hydrogen (secondary N) is 1. The molecule has 1 aromatic rings. The molecule has 8 heteroatoms. The summed E-state index contributed by atoms with van der Waals surface area (Å²) >= 11 is 0. The SMILES string of the molecule is O=C([O-])CCCCCNC(=O)Cc1ccc(O)c([N+](=O)[O-])c1. The summed E-state index contributed by atoms with van der Waals surface area (Å²) in [5, 5.41) is 32.8. The average molecular weight is 309 g/mol. The van der Waals surface area contributed by atoms with E-state index in [0.717, 1.165) is 6.07 Å². The maximum atomic E-state index is 11.7. The summed E-state index contributed by atoms with van der Waals surface area (Å²) in [5.41, 5.74) is -0.00784. The van der Waals surface area contributed by atoms with E-state index in [1.54, 1.807) is 0 Å². The van der Waals surface area contributed by atoms with Gasteiger partial charge in [-0.1, -0.05) is 12.5 Å². The Labute approximate surface area is 126 Å². The summed E-state index contributed by atoms with van der Waals surface area (Å²) < 4.78 is 0. The molecule has 0 aliphatic carbocycles. The van der Waals surface area contributed by atoms with Gasteiger partial charge in [-0.05, 0) is 30.9 Å². The lowest BCUT2D eigenvalue weighted by Crippen LogP contribution is -2.26. The number of nitrogens with zero attached hydrogens (tertiary/aromatic N) is 1. The van der Waals surface area contributed by atoms with Gasteiger partial charge in [0, 0.05) is 18.6 Å². The van der Waals surface area contributed by atoms with Gasteiger partial charge in [0.25, 0.3) is 0 Å². The van der Waals surface area contributed by atoms with E-state index >= 15 is 0 Å². The van der Waals surface area contributed by atoms with Crippen molar-refractivity contribution in [2.45, 2.75) is 32.1 Å². The Morgan fingerprint density at radius 3 is 2.59 bits per heavy atom. The maximum absolute atomic E-state index is 11.7. The van der Waals surface area contributed by atoms with E-state index in [4.69, 9.17) is 0 Å². The van der Waals surface area contributed by atoms with Gasteiger partial charge in [-0.15, -0.1) is 0 Å². The highest BCUT2D eigenvalue weighted by molar-refractivity contribution is 5.78. The number of carbonyl (C=O) groups excluding carboxylic acids is 2. The van der Waals surface area contributed by atoms with Crippen LogP contribution in [-0.4, -0.2) is 28.5 Å². The monoisotopic (exact) mass is 309 g/mol. The van der Waals surface area contributed by atoms with Gasteiger partial charge in [-0.25, -0.2) is 0 Å². The third-order valence-electron chi connectivity index (χ3n) is 2.98. The molecule has 0 spiro atoms. The Hall–Kier alpha value is -2.64. The largest absolute Gasteiger partial charge is 0.550 e. The molecule has 22 heavy (non-hydrogen) atoms. The molecule has 0 radical (unpaired) electrons. The van der Waals surface area contributed by atoms with Crippen molar-refractivity contribution < 1.29 is 24.7 Å². The first-order valence-corrected chi connectivity index (χ1v) is 6.83. The van der Waals surface area contributed by atoms with Crippen molar-refractivity contribution in [3.05, 3.63) is 33.9 Å². The molecule has 1 amide bonds. The Morgan fingerprint density at radius 1 is 1.23 bits per heavy atom. The lowest BCUT2D eigenvalue weighted by molar-refractivity contribution is -0.385. The number of nitro benzene ring substituents is 1. The molecule has 0 atom stereocenters. The highest BCUT2D eigenvalue weighted by Gasteiger charge is 2.14. The Bertz CT molecular complexity index is 558. The number of nitro groups is 1. The van der Waals surface area contributed by atoms with Gasteiger partial charge in [0.2, 0.25) is 5.91 Å². The van der Waals surface area contributed by atoms with Gasteiger partial charge >= 0.3 is 5.69 Å². The molecule has 0 heterocycles. The van der Waals surface area contributed by atoms with Crippen molar-refractivity contribution in [2.75, 3.05) is 6.54 Å². The predicted octanol–water partition coefficient (Wildman–Crippen LogP) is 0.269. The molecule has 0 bridgehead atoms. The van der Waals surface area contributed by atoms with Crippen molar-refractivity contribution in [3.63, 3.8) is 0 Å². The van der Waals surface area contributed by atoms with Gasteiger partial charge in [0.15, 0.2) is 5.75 Å². The normalized spacial score (nSPS) is 10.2. The molecule has 1 aromatic carbocycles. The number of aromatic hydroxyl groups is 1. The number of unbranched alkanes of at least 4 members (excludes halogenated alkanes) is 2. The first-order chi connectivity index (χ1) is 10.4. The second-order valence-electron chi connectivity index (χ2n) is 4.79. The van der Waals surface area contributed by atoms with Crippen LogP contribution in [0.15, 0.2) is 18.2 Å². The van der Waals surface area contributed by atoms with E-state index in [-0.39, 0.29) is 18.7 Å². The zero-order chi connectivity index (χ0) is 16.5. The van der Waals surface area contributed by atoms with E-state index in [1.807, 2.05) is 0 Å². The quantitative estimate of drug-likeness (QED) is 0.382. The van der Waals surface area contributed by atoms with Crippen molar-refractivity contribution in [2.24, 2.45) is 0 Å². The number of rotatable bonds is 9. The molecule has 0 aliphatic heterocycles. The summed E-state index contributed by atoms with van der Waals surface area (Å²) in [6.45, 7) is 0.409. The molecule has 0 aliphatic rings. The number of carboxylic acid groups (broad SMARTS) is 1. The number of phenolic OH excluding ortho intramolecular Hbond substituents is 1. The lowest BCUT2D eigenvalue weighted by atomic mass is 10.1. The molecule has 8 nitrogen and oxygen atoms in total. The van der Waals surface area contributed by atoms with Crippen LogP contribution in [0.2, 0.25) is 0 Å². The van der Waals surface area contributed by atoms with Crippen molar-refractivity contribution >= 4 is 17.6 Å². The van der Waals surface area contributed by atoms with Crippen molar-refractivity contribution in [1.82, 2.24) is 5.32 Å². The molecule has 0 saturated carbocycles. The number of amides is 1. The summed E-state index contributed by atoms with van der Waals surface area (Å²) in [6, 6.07) is 3.79. The van der Waals surface area contributed by atoms with E-state index < -0.39 is 22.3 Å². The molecule has 2 N–H and O–H groups in total. The van der Waals surface area contributed by atoms with Crippen LogP contribution in [0.25, 0.3) is 0 Å². The van der Waals surface area contributed by atoms with E-state index in [9.17, 15) is 29.9 Å². The van der Waals surface area contributed by atoms with Gasteiger partial charge < -0.3 is 20.3 Å². The van der Waals surface area contributed by atoms with Gasteiger partial charge in [0.05, 0.1) is 11.3 Å². The first-order valence-electron chi connectivity index (χ1n) is 6.83. The molecular formula is C14H17N2O6-. The van der Waals surface area contributed by atoms with Gasteiger partial charge in [0.1, 0.15) is 0 Å². The van der Waals surface area contributed by atoms with E-state index in [1.165, 1.54) is 12.1 Å². The third kappa shape index (κ3) is 6.21. The summed E-state index contributed by atoms with van der Waals surface area (Å²) in [4.78, 5) is 31.8. The first kappa shape index (κ1) is 17.4. The van der Waals surface area contributed by atoms with E-state index in [2.05, 4.69) is 5.32 Å². The number of carboxylic acids is 1. The van der Waals surface area contributed by atoms with Crippen LogP contribution in [0, 0.1) is 10.1 Å². The Morgan fingerprint density at radius 2 is 1.95 bits per heavy atom. The lowest BCUT2D eigenvalue weighted by Gasteiger charge is -2.06. The van der Waals surface area contributed by atoms with Gasteiger partial charge in [-0.2, -0.15) is 0 Å². The molecule has 0 saturated heterocycles. The number of phenols is 1. The maximum Gasteiger partial charge on any atom is 0.310 e. The van der Waals surface area contributed by atoms with Crippen LogP contribution < -0.4 is 10.4 Å². The van der Waals surface area contributed by atoms with Crippen LogP contribution in [-0.2, 0) is 16.0 Å². The highest BCUT2D eigenvalue weighted by atomic mass is 16.6. The van der Waals surface area contributed by atoms with E-state index in [0.29, 0.717) is 31.4 Å². The molecule has 120 valence electrons. The number of hydrogen-bond donors (Lipinski definition) is 2. The van der Waals surface area contributed by atoms with Crippen molar-refractivity contribution in [3.8, 4) is 5.75 Å². The smallest absolute Gasteiger partial charge is 0.310 e. The van der Waals surface area contributed by atoms with Crippen LogP contribution in [0.5, 0.6) is 5.75 Å². The Kier molecular flexibility index (Phi) is 6.81. The van der Waals surface area contributed by atoms with Gasteiger partial charge in [-0.3, -0.25) is 14.9 Å². The average Bonchev–Trinajstić information content (AvgIpc) is 2.44. The summed E-state index contributed by atoms with van der Waals surface area (Å²) in [5.74, 6) is -1.82. The number of hydrogen-bond acceptors (Lipinski definition) is 6. The topological polar surface area (TPSA) is 133 Å². The van der Waals surface area contributed by atoms with Crippen molar-refractivity contribution in [1.29, 1.82) is 0 Å².